The summed E-state index contributed by atoms with van der Waals surface area (Å²) in [5.74, 6) is 1.35. The van der Waals surface area contributed by atoms with Gasteiger partial charge in [0.2, 0.25) is 0 Å². The lowest BCUT2D eigenvalue weighted by atomic mass is 9.84. The molecule has 0 saturated heterocycles. The summed E-state index contributed by atoms with van der Waals surface area (Å²) in [6, 6.07) is 6.80. The van der Waals surface area contributed by atoms with Crippen molar-refractivity contribution in [3.8, 4) is 5.75 Å². The fourth-order valence-electron chi connectivity index (χ4n) is 3.20. The highest BCUT2D eigenvalue weighted by Gasteiger charge is 2.22. The van der Waals surface area contributed by atoms with Crippen LogP contribution in [0.1, 0.15) is 63.1 Å². The van der Waals surface area contributed by atoms with Gasteiger partial charge in [0, 0.05) is 17.6 Å². The first kappa shape index (κ1) is 14.4. The molecule has 19 heavy (non-hydrogen) atoms. The molecule has 1 atom stereocenters. The molecule has 1 aliphatic rings. The molecule has 2 nitrogen and oxygen atoms in total. The minimum absolute atomic E-state index is 0.226. The Hall–Kier alpha value is -1.02. The first-order valence-corrected chi connectivity index (χ1v) is 7.65. The van der Waals surface area contributed by atoms with E-state index in [1.807, 2.05) is 19.1 Å². The minimum Gasteiger partial charge on any atom is -0.508 e. The molecule has 2 heteroatoms. The highest BCUT2D eigenvalue weighted by atomic mass is 16.3. The summed E-state index contributed by atoms with van der Waals surface area (Å²) < 4.78 is 0. The largest absolute Gasteiger partial charge is 0.508 e. The number of phenols is 1. The van der Waals surface area contributed by atoms with Gasteiger partial charge in [-0.05, 0) is 57.1 Å². The van der Waals surface area contributed by atoms with Crippen molar-refractivity contribution in [3.63, 3.8) is 0 Å². The van der Waals surface area contributed by atoms with Gasteiger partial charge in [-0.3, -0.25) is 0 Å². The molecule has 0 amide bonds. The lowest BCUT2D eigenvalue weighted by molar-refractivity contribution is 0.272. The Morgan fingerprint density at radius 3 is 2.53 bits per heavy atom. The Kier molecular flexibility index (Phi) is 4.87. The molecule has 0 spiro atoms. The zero-order valence-electron chi connectivity index (χ0n) is 12.4. The van der Waals surface area contributed by atoms with Crippen LogP contribution >= 0.6 is 0 Å². The maximum Gasteiger partial charge on any atom is 0.120 e. The van der Waals surface area contributed by atoms with Gasteiger partial charge >= 0.3 is 0 Å². The van der Waals surface area contributed by atoms with Crippen LogP contribution in [0.15, 0.2) is 18.2 Å². The average molecular weight is 261 g/mol. The summed E-state index contributed by atoms with van der Waals surface area (Å²) in [7, 11) is 0. The molecule has 0 bridgehead atoms. The molecule has 106 valence electrons. The second-order valence-corrected chi connectivity index (χ2v) is 6.08. The number of nitrogens with one attached hydrogen (secondary N) is 1. The summed E-state index contributed by atoms with van der Waals surface area (Å²) in [5, 5.41) is 13.7. The van der Waals surface area contributed by atoms with Crippen molar-refractivity contribution in [1.82, 2.24) is 5.32 Å². The van der Waals surface area contributed by atoms with E-state index in [-0.39, 0.29) is 6.04 Å². The van der Waals surface area contributed by atoms with E-state index in [0.717, 1.165) is 17.0 Å². The molecule has 1 aliphatic carbocycles. The van der Waals surface area contributed by atoms with Crippen molar-refractivity contribution in [2.45, 2.75) is 65.0 Å². The average Bonchev–Trinajstić information content (AvgIpc) is 2.39. The maximum atomic E-state index is 10.0. The Morgan fingerprint density at radius 2 is 1.95 bits per heavy atom. The Bertz CT molecular complexity index is 408. The zero-order valence-corrected chi connectivity index (χ0v) is 12.4. The van der Waals surface area contributed by atoms with Crippen molar-refractivity contribution >= 4 is 0 Å². The summed E-state index contributed by atoms with van der Waals surface area (Å²) in [4.78, 5) is 0. The van der Waals surface area contributed by atoms with Gasteiger partial charge in [-0.15, -0.1) is 0 Å². The van der Waals surface area contributed by atoms with Crippen LogP contribution in [0.25, 0.3) is 0 Å². The first-order valence-electron chi connectivity index (χ1n) is 7.65. The highest BCUT2D eigenvalue weighted by Crippen LogP contribution is 2.30. The Balaban J connectivity index is 1.92. The molecule has 1 aromatic rings. The summed E-state index contributed by atoms with van der Waals surface area (Å²) in [6.45, 7) is 6.45. The van der Waals surface area contributed by atoms with Crippen LogP contribution in [0, 0.1) is 12.8 Å². The van der Waals surface area contributed by atoms with Crippen molar-refractivity contribution in [1.29, 1.82) is 0 Å². The standard InChI is InChI=1S/C17H27NO/c1-4-14-6-8-15(9-7-14)18-13(3)16-10-5-12(2)11-17(16)19/h5,10-11,13-15,18-19H,4,6-9H2,1-3H3. The maximum absolute atomic E-state index is 10.0. The van der Waals surface area contributed by atoms with E-state index in [4.69, 9.17) is 0 Å². The van der Waals surface area contributed by atoms with Crippen LogP contribution in [0.2, 0.25) is 0 Å². The van der Waals surface area contributed by atoms with E-state index in [2.05, 4.69) is 25.2 Å². The number of rotatable bonds is 4. The smallest absolute Gasteiger partial charge is 0.120 e. The number of phenolic OH excluding ortho intramolecular Hbond substituents is 1. The van der Waals surface area contributed by atoms with E-state index in [0.29, 0.717) is 11.8 Å². The van der Waals surface area contributed by atoms with Crippen LogP contribution in [0.5, 0.6) is 5.75 Å². The summed E-state index contributed by atoms with van der Waals surface area (Å²) >= 11 is 0. The summed E-state index contributed by atoms with van der Waals surface area (Å²) in [6.07, 6.45) is 6.56. The molecule has 0 aromatic heterocycles. The van der Waals surface area contributed by atoms with E-state index in [1.165, 1.54) is 32.1 Å². The fourth-order valence-corrected chi connectivity index (χ4v) is 3.20. The van der Waals surface area contributed by atoms with Gasteiger partial charge in [0.15, 0.2) is 0 Å². The first-order chi connectivity index (χ1) is 9.10. The monoisotopic (exact) mass is 261 g/mol. The van der Waals surface area contributed by atoms with E-state index in [1.54, 1.807) is 0 Å². The molecule has 1 aromatic carbocycles. The topological polar surface area (TPSA) is 32.3 Å². The van der Waals surface area contributed by atoms with Crippen molar-refractivity contribution in [3.05, 3.63) is 29.3 Å². The van der Waals surface area contributed by atoms with Crippen LogP contribution in [0.3, 0.4) is 0 Å². The molecular weight excluding hydrogens is 234 g/mol. The SMILES string of the molecule is CCC1CCC(NC(C)c2ccc(C)cc2O)CC1. The van der Waals surface area contributed by atoms with Crippen LogP contribution < -0.4 is 5.32 Å². The van der Waals surface area contributed by atoms with Crippen LogP contribution in [-0.2, 0) is 0 Å². The number of aryl methyl sites for hydroxylation is 1. The molecule has 1 unspecified atom stereocenters. The highest BCUT2D eigenvalue weighted by molar-refractivity contribution is 5.37. The van der Waals surface area contributed by atoms with Crippen molar-refractivity contribution in [2.24, 2.45) is 5.92 Å². The lowest BCUT2D eigenvalue weighted by Crippen LogP contribution is -2.34. The fraction of sp³-hybridized carbons (Fsp3) is 0.647. The predicted molar refractivity (Wildman–Crippen MR) is 80.4 cm³/mol. The van der Waals surface area contributed by atoms with Crippen LogP contribution in [-0.4, -0.2) is 11.1 Å². The second-order valence-electron chi connectivity index (χ2n) is 6.08. The van der Waals surface area contributed by atoms with Gasteiger partial charge in [0.05, 0.1) is 0 Å². The van der Waals surface area contributed by atoms with E-state index < -0.39 is 0 Å². The van der Waals surface area contributed by atoms with Gasteiger partial charge in [-0.2, -0.15) is 0 Å². The van der Waals surface area contributed by atoms with Gasteiger partial charge < -0.3 is 10.4 Å². The molecular formula is C17H27NO. The Labute approximate surface area is 117 Å². The molecule has 1 saturated carbocycles. The minimum atomic E-state index is 0.226. The molecule has 2 rings (SSSR count). The third kappa shape index (κ3) is 3.73. The second kappa shape index (κ2) is 6.42. The van der Waals surface area contributed by atoms with Gasteiger partial charge in [0.25, 0.3) is 0 Å². The zero-order chi connectivity index (χ0) is 13.8. The van der Waals surface area contributed by atoms with Gasteiger partial charge in [-0.1, -0.05) is 25.5 Å². The van der Waals surface area contributed by atoms with Crippen molar-refractivity contribution < 1.29 is 5.11 Å². The van der Waals surface area contributed by atoms with Crippen molar-refractivity contribution in [2.75, 3.05) is 0 Å². The molecule has 2 N–H and O–H groups in total. The molecule has 0 heterocycles. The molecule has 0 aliphatic heterocycles. The quantitative estimate of drug-likeness (QED) is 0.846. The van der Waals surface area contributed by atoms with E-state index in [9.17, 15) is 5.11 Å². The number of hydrogen-bond donors (Lipinski definition) is 2. The van der Waals surface area contributed by atoms with Crippen LogP contribution in [0.4, 0.5) is 0 Å². The third-order valence-electron chi connectivity index (χ3n) is 4.56. The van der Waals surface area contributed by atoms with Gasteiger partial charge in [0.1, 0.15) is 5.75 Å². The van der Waals surface area contributed by atoms with E-state index >= 15 is 0 Å². The normalized spacial score (nSPS) is 25.2. The molecule has 1 fully saturated rings. The molecule has 0 radical (unpaired) electrons. The third-order valence-corrected chi connectivity index (χ3v) is 4.56. The Morgan fingerprint density at radius 1 is 1.26 bits per heavy atom. The predicted octanol–water partition coefficient (Wildman–Crippen LogP) is 4.32. The summed E-state index contributed by atoms with van der Waals surface area (Å²) in [5.41, 5.74) is 2.13. The lowest BCUT2D eigenvalue weighted by Gasteiger charge is -2.31. The number of benzene rings is 1. The number of aromatic hydroxyl groups is 1. The number of hydrogen-bond acceptors (Lipinski definition) is 2. The van der Waals surface area contributed by atoms with Gasteiger partial charge in [-0.25, -0.2) is 0 Å².